The van der Waals surface area contributed by atoms with Crippen molar-refractivity contribution in [3.05, 3.63) is 48.2 Å². The molecule has 3 rings (SSSR count). The molecule has 0 saturated heterocycles. The normalized spacial score (nSPS) is 12.7. The molecule has 1 aromatic carbocycles. The first-order valence-electron chi connectivity index (χ1n) is 5.76. The van der Waals surface area contributed by atoms with E-state index in [1.807, 2.05) is 53.9 Å². The zero-order valence-corrected chi connectivity index (χ0v) is 9.91. The third-order valence-corrected chi connectivity index (χ3v) is 3.06. The monoisotopic (exact) mass is 240 g/mol. The Morgan fingerprint density at radius 2 is 2.11 bits per heavy atom. The minimum absolute atomic E-state index is 0.303. The van der Waals surface area contributed by atoms with Crippen molar-refractivity contribution in [2.75, 3.05) is 0 Å². The fourth-order valence-corrected chi connectivity index (χ4v) is 2.18. The van der Waals surface area contributed by atoms with Crippen LogP contribution in [0.5, 0.6) is 0 Å². The average Bonchev–Trinajstić information content (AvgIpc) is 2.77. The number of fused-ring (bicyclic) bond motifs is 3. The van der Waals surface area contributed by atoms with Crippen LogP contribution in [0.15, 0.2) is 42.6 Å². The third kappa shape index (κ3) is 1.54. The summed E-state index contributed by atoms with van der Waals surface area (Å²) in [7, 11) is 0. The summed E-state index contributed by atoms with van der Waals surface area (Å²) < 4.78 is 7.01. The summed E-state index contributed by atoms with van der Waals surface area (Å²) >= 11 is 0. The lowest BCUT2D eigenvalue weighted by Gasteiger charge is -2.10. The molecular weight excluding hydrogens is 228 g/mol. The molecule has 0 fully saturated rings. The van der Waals surface area contributed by atoms with Gasteiger partial charge in [0.05, 0.1) is 11.0 Å². The van der Waals surface area contributed by atoms with Gasteiger partial charge in [-0.15, -0.1) is 0 Å². The van der Waals surface area contributed by atoms with E-state index in [1.165, 1.54) is 0 Å². The Kier molecular flexibility index (Phi) is 2.48. The van der Waals surface area contributed by atoms with Gasteiger partial charge in [-0.1, -0.05) is 18.2 Å². The summed E-state index contributed by atoms with van der Waals surface area (Å²) in [6, 6.07) is 11.8. The van der Waals surface area contributed by atoms with Crippen molar-refractivity contribution in [2.24, 2.45) is 0 Å². The minimum atomic E-state index is -0.303. The predicted octanol–water partition coefficient (Wildman–Crippen LogP) is 2.72. The number of aromatic nitrogens is 2. The van der Waals surface area contributed by atoms with Crippen molar-refractivity contribution in [2.45, 2.75) is 13.0 Å². The Morgan fingerprint density at radius 3 is 2.94 bits per heavy atom. The third-order valence-electron chi connectivity index (χ3n) is 3.06. The standard InChI is InChI=1S/C14H12N2O2/c1-10(18-9-17)11-5-4-8-16-13-7-3-2-6-12(13)15-14(11)16/h2-10H,1H3. The fraction of sp³-hybridized carbons (Fsp3) is 0.143. The van der Waals surface area contributed by atoms with Gasteiger partial charge in [0.15, 0.2) is 0 Å². The number of carbonyl (C=O) groups excluding carboxylic acids is 1. The van der Waals surface area contributed by atoms with Crippen LogP contribution in [0.1, 0.15) is 18.6 Å². The Hall–Kier alpha value is -2.36. The second-order valence-electron chi connectivity index (χ2n) is 4.13. The number of rotatable bonds is 3. The van der Waals surface area contributed by atoms with E-state index in [0.717, 1.165) is 22.2 Å². The zero-order valence-electron chi connectivity index (χ0n) is 9.91. The maximum Gasteiger partial charge on any atom is 0.293 e. The van der Waals surface area contributed by atoms with E-state index in [0.29, 0.717) is 6.47 Å². The molecule has 4 nitrogen and oxygen atoms in total. The molecule has 0 aliphatic rings. The van der Waals surface area contributed by atoms with Gasteiger partial charge in [0, 0.05) is 11.8 Å². The quantitative estimate of drug-likeness (QED) is 0.661. The first-order chi connectivity index (χ1) is 8.81. The van der Waals surface area contributed by atoms with Gasteiger partial charge < -0.3 is 4.74 Å². The number of carbonyl (C=O) groups is 1. The summed E-state index contributed by atoms with van der Waals surface area (Å²) in [4.78, 5) is 15.0. The van der Waals surface area contributed by atoms with E-state index < -0.39 is 0 Å². The van der Waals surface area contributed by atoms with Crippen LogP contribution in [-0.2, 0) is 9.53 Å². The van der Waals surface area contributed by atoms with Crippen LogP contribution in [0, 0.1) is 0 Å². The summed E-state index contributed by atoms with van der Waals surface area (Å²) in [6.07, 6.45) is 1.66. The van der Waals surface area contributed by atoms with Crippen molar-refractivity contribution in [3.8, 4) is 0 Å². The van der Waals surface area contributed by atoms with E-state index in [4.69, 9.17) is 4.74 Å². The highest BCUT2D eigenvalue weighted by Gasteiger charge is 2.13. The topological polar surface area (TPSA) is 43.6 Å². The molecule has 4 heteroatoms. The van der Waals surface area contributed by atoms with E-state index >= 15 is 0 Å². The maximum absolute atomic E-state index is 10.4. The number of imidazole rings is 1. The largest absolute Gasteiger partial charge is 0.460 e. The van der Waals surface area contributed by atoms with Crippen LogP contribution in [-0.4, -0.2) is 15.9 Å². The molecule has 0 bridgehead atoms. The summed E-state index contributed by atoms with van der Waals surface area (Å²) in [5.74, 6) is 0. The van der Waals surface area contributed by atoms with Crippen LogP contribution in [0.25, 0.3) is 16.7 Å². The molecule has 0 amide bonds. The van der Waals surface area contributed by atoms with Crippen molar-refractivity contribution >= 4 is 23.2 Å². The SMILES string of the molecule is CC(OC=O)c1cccn2c1nc1ccccc12. The summed E-state index contributed by atoms with van der Waals surface area (Å²) in [6.45, 7) is 2.31. The Labute approximate surface area is 104 Å². The molecule has 3 aromatic rings. The van der Waals surface area contributed by atoms with Gasteiger partial charge in [0.2, 0.25) is 0 Å². The van der Waals surface area contributed by atoms with E-state index in [-0.39, 0.29) is 6.10 Å². The number of ether oxygens (including phenoxy) is 1. The Morgan fingerprint density at radius 1 is 1.28 bits per heavy atom. The molecule has 2 heterocycles. The van der Waals surface area contributed by atoms with E-state index in [9.17, 15) is 4.79 Å². The van der Waals surface area contributed by atoms with Crippen molar-refractivity contribution in [3.63, 3.8) is 0 Å². The predicted molar refractivity (Wildman–Crippen MR) is 68.3 cm³/mol. The summed E-state index contributed by atoms with van der Waals surface area (Å²) in [5.41, 5.74) is 3.71. The number of hydrogen-bond donors (Lipinski definition) is 0. The molecule has 18 heavy (non-hydrogen) atoms. The fourth-order valence-electron chi connectivity index (χ4n) is 2.18. The number of benzene rings is 1. The van der Waals surface area contributed by atoms with Gasteiger partial charge in [-0.25, -0.2) is 4.98 Å². The van der Waals surface area contributed by atoms with Crippen molar-refractivity contribution in [1.82, 2.24) is 9.38 Å². The summed E-state index contributed by atoms with van der Waals surface area (Å²) in [5, 5.41) is 0. The van der Waals surface area contributed by atoms with Crippen LogP contribution in [0.3, 0.4) is 0 Å². The molecule has 0 spiro atoms. The van der Waals surface area contributed by atoms with Crippen LogP contribution >= 0.6 is 0 Å². The van der Waals surface area contributed by atoms with Gasteiger partial charge in [0.25, 0.3) is 6.47 Å². The van der Waals surface area contributed by atoms with Crippen molar-refractivity contribution < 1.29 is 9.53 Å². The Balaban J connectivity index is 2.30. The second-order valence-corrected chi connectivity index (χ2v) is 4.13. The lowest BCUT2D eigenvalue weighted by atomic mass is 10.2. The van der Waals surface area contributed by atoms with Gasteiger partial charge in [-0.05, 0) is 25.1 Å². The van der Waals surface area contributed by atoms with Gasteiger partial charge in [-0.3, -0.25) is 9.20 Å². The van der Waals surface area contributed by atoms with Gasteiger partial charge >= 0.3 is 0 Å². The van der Waals surface area contributed by atoms with E-state index in [2.05, 4.69) is 4.98 Å². The second kappa shape index (κ2) is 4.14. The van der Waals surface area contributed by atoms with Gasteiger partial charge in [0.1, 0.15) is 11.8 Å². The molecule has 0 N–H and O–H groups in total. The van der Waals surface area contributed by atoms with Crippen LogP contribution in [0.4, 0.5) is 0 Å². The highest BCUT2D eigenvalue weighted by molar-refractivity contribution is 5.81. The lowest BCUT2D eigenvalue weighted by Crippen LogP contribution is -2.01. The van der Waals surface area contributed by atoms with Crippen LogP contribution < -0.4 is 0 Å². The van der Waals surface area contributed by atoms with Crippen molar-refractivity contribution in [1.29, 1.82) is 0 Å². The first-order valence-corrected chi connectivity index (χ1v) is 5.76. The maximum atomic E-state index is 10.4. The molecule has 0 radical (unpaired) electrons. The first kappa shape index (κ1) is 10.8. The number of hydrogen-bond acceptors (Lipinski definition) is 3. The zero-order chi connectivity index (χ0) is 12.5. The molecule has 0 aliphatic heterocycles. The molecule has 0 saturated carbocycles. The highest BCUT2D eigenvalue weighted by Crippen LogP contribution is 2.24. The average molecular weight is 240 g/mol. The highest BCUT2D eigenvalue weighted by atomic mass is 16.5. The number of pyridine rings is 1. The number of para-hydroxylation sites is 2. The molecule has 1 unspecified atom stereocenters. The molecule has 2 aromatic heterocycles. The number of nitrogens with zero attached hydrogens (tertiary/aromatic N) is 2. The lowest BCUT2D eigenvalue weighted by molar-refractivity contribution is -0.133. The van der Waals surface area contributed by atoms with Crippen LogP contribution in [0.2, 0.25) is 0 Å². The van der Waals surface area contributed by atoms with E-state index in [1.54, 1.807) is 0 Å². The molecular formula is C14H12N2O2. The smallest absolute Gasteiger partial charge is 0.293 e. The molecule has 1 atom stereocenters. The Bertz CT molecular complexity index is 718. The van der Waals surface area contributed by atoms with Gasteiger partial charge in [-0.2, -0.15) is 0 Å². The molecule has 90 valence electrons. The molecule has 0 aliphatic carbocycles. The minimum Gasteiger partial charge on any atom is -0.460 e.